The number of para-hydroxylation sites is 1. The zero-order valence-electron chi connectivity index (χ0n) is 10.8. The van der Waals surface area contributed by atoms with Gasteiger partial charge < -0.3 is 15.2 Å². The SMILES string of the molecule is N#Cc1cccc(NC2(CO)CCOCC2)c1[N+](=O)[O-]. The summed E-state index contributed by atoms with van der Waals surface area (Å²) in [5.74, 6) is 0. The van der Waals surface area contributed by atoms with Gasteiger partial charge in [0.2, 0.25) is 0 Å². The largest absolute Gasteiger partial charge is 0.394 e. The Morgan fingerprint density at radius 1 is 1.50 bits per heavy atom. The number of nitro groups is 1. The van der Waals surface area contributed by atoms with Gasteiger partial charge in [0, 0.05) is 13.2 Å². The van der Waals surface area contributed by atoms with E-state index >= 15 is 0 Å². The minimum atomic E-state index is -0.642. The Hall–Kier alpha value is -2.17. The number of ether oxygens (including phenoxy) is 1. The summed E-state index contributed by atoms with van der Waals surface area (Å²) in [6.07, 6.45) is 1.11. The van der Waals surface area contributed by atoms with Crippen molar-refractivity contribution in [3.8, 4) is 6.07 Å². The predicted octanol–water partition coefficient (Wildman–Crippen LogP) is 1.42. The van der Waals surface area contributed by atoms with Crippen LogP contribution in [0, 0.1) is 21.4 Å². The van der Waals surface area contributed by atoms with Crippen molar-refractivity contribution >= 4 is 11.4 Å². The van der Waals surface area contributed by atoms with Gasteiger partial charge in [0.1, 0.15) is 17.3 Å². The Kier molecular flexibility index (Phi) is 4.17. The average Bonchev–Trinajstić information content (AvgIpc) is 2.47. The Balaban J connectivity index is 2.38. The monoisotopic (exact) mass is 277 g/mol. The number of aliphatic hydroxyl groups is 1. The summed E-state index contributed by atoms with van der Waals surface area (Å²) in [5, 5.41) is 32.8. The third-order valence-corrected chi connectivity index (χ3v) is 3.49. The zero-order chi connectivity index (χ0) is 14.6. The summed E-state index contributed by atoms with van der Waals surface area (Å²) in [6, 6.07) is 6.35. The van der Waals surface area contributed by atoms with E-state index in [0.29, 0.717) is 26.1 Å². The molecule has 20 heavy (non-hydrogen) atoms. The third kappa shape index (κ3) is 2.71. The highest BCUT2D eigenvalue weighted by atomic mass is 16.6. The van der Waals surface area contributed by atoms with Crippen LogP contribution in [0.2, 0.25) is 0 Å². The molecule has 0 radical (unpaired) electrons. The van der Waals surface area contributed by atoms with Gasteiger partial charge in [-0.05, 0) is 25.0 Å². The van der Waals surface area contributed by atoms with Crippen molar-refractivity contribution in [1.29, 1.82) is 5.26 Å². The normalized spacial score (nSPS) is 17.2. The molecule has 1 heterocycles. The van der Waals surface area contributed by atoms with Crippen LogP contribution in [0.15, 0.2) is 18.2 Å². The summed E-state index contributed by atoms with van der Waals surface area (Å²) in [4.78, 5) is 10.6. The third-order valence-electron chi connectivity index (χ3n) is 3.49. The van der Waals surface area contributed by atoms with E-state index < -0.39 is 10.5 Å². The molecule has 2 rings (SSSR count). The molecule has 0 bridgehead atoms. The predicted molar refractivity (Wildman–Crippen MR) is 71.3 cm³/mol. The van der Waals surface area contributed by atoms with Gasteiger partial charge in [0.15, 0.2) is 0 Å². The van der Waals surface area contributed by atoms with Crippen molar-refractivity contribution < 1.29 is 14.8 Å². The maximum absolute atomic E-state index is 11.2. The highest BCUT2D eigenvalue weighted by molar-refractivity contribution is 5.69. The average molecular weight is 277 g/mol. The van der Waals surface area contributed by atoms with Gasteiger partial charge >= 0.3 is 5.69 Å². The van der Waals surface area contributed by atoms with E-state index in [2.05, 4.69) is 5.32 Å². The number of nitriles is 1. The maximum Gasteiger partial charge on any atom is 0.309 e. The van der Waals surface area contributed by atoms with Crippen LogP contribution in [0.5, 0.6) is 0 Å². The van der Waals surface area contributed by atoms with Gasteiger partial charge in [-0.3, -0.25) is 10.1 Å². The van der Waals surface area contributed by atoms with E-state index in [1.807, 2.05) is 6.07 Å². The number of benzene rings is 1. The Bertz CT molecular complexity index is 547. The zero-order valence-corrected chi connectivity index (χ0v) is 10.8. The fraction of sp³-hybridized carbons (Fsp3) is 0.462. The molecule has 1 aromatic carbocycles. The quantitative estimate of drug-likeness (QED) is 0.636. The maximum atomic E-state index is 11.2. The van der Waals surface area contributed by atoms with E-state index in [1.54, 1.807) is 12.1 Å². The number of hydrogen-bond acceptors (Lipinski definition) is 6. The lowest BCUT2D eigenvalue weighted by atomic mass is 9.90. The van der Waals surface area contributed by atoms with Crippen LogP contribution in [0.3, 0.4) is 0 Å². The molecule has 1 aliphatic rings. The van der Waals surface area contributed by atoms with Crippen LogP contribution in [-0.2, 0) is 4.74 Å². The number of nitrogens with zero attached hydrogens (tertiary/aromatic N) is 2. The standard InChI is InChI=1S/C13H15N3O4/c14-8-10-2-1-3-11(12(10)16(18)19)15-13(9-17)4-6-20-7-5-13/h1-3,15,17H,4-7,9H2. The number of anilines is 1. The van der Waals surface area contributed by atoms with E-state index in [0.717, 1.165) is 0 Å². The molecule has 2 N–H and O–H groups in total. The number of hydrogen-bond donors (Lipinski definition) is 2. The molecule has 0 spiro atoms. The molecule has 1 fully saturated rings. The minimum Gasteiger partial charge on any atom is -0.394 e. The molecule has 0 saturated carbocycles. The number of nitrogens with one attached hydrogen (secondary N) is 1. The van der Waals surface area contributed by atoms with E-state index in [4.69, 9.17) is 10.00 Å². The van der Waals surface area contributed by atoms with Crippen molar-refractivity contribution in [1.82, 2.24) is 0 Å². The van der Waals surface area contributed by atoms with Crippen molar-refractivity contribution in [3.63, 3.8) is 0 Å². The van der Waals surface area contributed by atoms with Crippen molar-refractivity contribution in [2.24, 2.45) is 0 Å². The molecular formula is C13H15N3O4. The van der Waals surface area contributed by atoms with Crippen molar-refractivity contribution in [2.75, 3.05) is 25.1 Å². The second-order valence-electron chi connectivity index (χ2n) is 4.75. The van der Waals surface area contributed by atoms with Crippen LogP contribution in [-0.4, -0.2) is 35.4 Å². The molecule has 1 aliphatic heterocycles. The lowest BCUT2D eigenvalue weighted by Crippen LogP contribution is -2.47. The van der Waals surface area contributed by atoms with Crippen LogP contribution < -0.4 is 5.32 Å². The van der Waals surface area contributed by atoms with Crippen LogP contribution in [0.25, 0.3) is 0 Å². The molecule has 7 nitrogen and oxygen atoms in total. The molecule has 0 amide bonds. The van der Waals surface area contributed by atoms with E-state index in [-0.39, 0.29) is 23.5 Å². The van der Waals surface area contributed by atoms with Crippen LogP contribution in [0.4, 0.5) is 11.4 Å². The molecule has 7 heteroatoms. The summed E-state index contributed by atoms with van der Waals surface area (Å²) >= 11 is 0. The molecule has 1 aromatic rings. The van der Waals surface area contributed by atoms with Gasteiger partial charge in [-0.2, -0.15) is 5.26 Å². The first-order chi connectivity index (χ1) is 9.62. The molecule has 106 valence electrons. The summed E-state index contributed by atoms with van der Waals surface area (Å²) in [7, 11) is 0. The number of rotatable bonds is 4. The van der Waals surface area contributed by atoms with Crippen LogP contribution >= 0.6 is 0 Å². The van der Waals surface area contributed by atoms with Crippen LogP contribution in [0.1, 0.15) is 18.4 Å². The number of nitro benzene ring substituents is 1. The molecule has 0 aromatic heterocycles. The lowest BCUT2D eigenvalue weighted by Gasteiger charge is -2.37. The molecule has 0 aliphatic carbocycles. The summed E-state index contributed by atoms with van der Waals surface area (Å²) in [5.41, 5.74) is -0.642. The molecular weight excluding hydrogens is 262 g/mol. The van der Waals surface area contributed by atoms with Gasteiger partial charge in [0.25, 0.3) is 0 Å². The highest BCUT2D eigenvalue weighted by Crippen LogP contribution is 2.33. The molecule has 0 unspecified atom stereocenters. The Labute approximate surface area is 115 Å². The smallest absolute Gasteiger partial charge is 0.309 e. The van der Waals surface area contributed by atoms with Gasteiger partial charge in [-0.15, -0.1) is 0 Å². The fourth-order valence-electron chi connectivity index (χ4n) is 2.30. The Morgan fingerprint density at radius 2 is 2.20 bits per heavy atom. The molecule has 1 saturated heterocycles. The number of aliphatic hydroxyl groups excluding tert-OH is 1. The first kappa shape index (κ1) is 14.2. The van der Waals surface area contributed by atoms with E-state index in [9.17, 15) is 15.2 Å². The second-order valence-corrected chi connectivity index (χ2v) is 4.75. The first-order valence-corrected chi connectivity index (χ1v) is 6.26. The second kappa shape index (κ2) is 5.86. The van der Waals surface area contributed by atoms with Crippen molar-refractivity contribution in [3.05, 3.63) is 33.9 Å². The van der Waals surface area contributed by atoms with Gasteiger partial charge in [0.05, 0.1) is 17.1 Å². The van der Waals surface area contributed by atoms with E-state index in [1.165, 1.54) is 6.07 Å². The lowest BCUT2D eigenvalue weighted by molar-refractivity contribution is -0.384. The minimum absolute atomic E-state index is 0.000138. The first-order valence-electron chi connectivity index (χ1n) is 6.26. The van der Waals surface area contributed by atoms with Gasteiger partial charge in [-0.25, -0.2) is 0 Å². The fourth-order valence-corrected chi connectivity index (χ4v) is 2.30. The topological polar surface area (TPSA) is 108 Å². The van der Waals surface area contributed by atoms with Crippen molar-refractivity contribution in [2.45, 2.75) is 18.4 Å². The summed E-state index contributed by atoms with van der Waals surface area (Å²) < 4.78 is 5.25. The van der Waals surface area contributed by atoms with Gasteiger partial charge in [-0.1, -0.05) is 6.07 Å². The summed E-state index contributed by atoms with van der Waals surface area (Å²) in [6.45, 7) is 0.822. The highest BCUT2D eigenvalue weighted by Gasteiger charge is 2.34. The Morgan fingerprint density at radius 3 is 2.75 bits per heavy atom. The molecule has 0 atom stereocenters.